The molecule has 1 N–H and O–H groups in total. The van der Waals surface area contributed by atoms with Crippen molar-refractivity contribution in [3.8, 4) is 0 Å². The summed E-state index contributed by atoms with van der Waals surface area (Å²) in [6.45, 7) is 11.7. The second-order valence-electron chi connectivity index (χ2n) is 6.65. The molecule has 0 radical (unpaired) electrons. The van der Waals surface area contributed by atoms with Crippen molar-refractivity contribution in [1.82, 2.24) is 10.2 Å². The molecule has 108 valence electrons. The molecule has 0 spiro atoms. The average molecular weight is 254 g/mol. The van der Waals surface area contributed by atoms with E-state index in [1.165, 1.54) is 51.6 Å². The zero-order valence-electron chi connectivity index (χ0n) is 13.3. The van der Waals surface area contributed by atoms with Gasteiger partial charge in [0.15, 0.2) is 0 Å². The summed E-state index contributed by atoms with van der Waals surface area (Å²) in [6.07, 6.45) is 8.10. The Hall–Kier alpha value is -0.0800. The lowest BCUT2D eigenvalue weighted by Crippen LogP contribution is -2.49. The first-order valence-electron chi connectivity index (χ1n) is 7.96. The standard InChI is InChI=1S/C16H34N2/c1-6-12-17-15-11-9-8-10-14(15)13-18(5)16(3,4)7-2/h14-15,17H,6-13H2,1-5H3. The van der Waals surface area contributed by atoms with Crippen LogP contribution in [0.5, 0.6) is 0 Å². The number of nitrogens with one attached hydrogen (secondary N) is 1. The van der Waals surface area contributed by atoms with Crippen molar-refractivity contribution in [3.05, 3.63) is 0 Å². The van der Waals surface area contributed by atoms with E-state index in [0.717, 1.165) is 12.0 Å². The Kier molecular flexibility index (Phi) is 6.65. The molecule has 1 aliphatic rings. The third-order valence-electron chi connectivity index (χ3n) is 4.97. The molecule has 0 saturated heterocycles. The Balaban J connectivity index is 2.50. The highest BCUT2D eigenvalue weighted by atomic mass is 15.2. The molecule has 1 fully saturated rings. The molecule has 1 saturated carbocycles. The van der Waals surface area contributed by atoms with Crippen molar-refractivity contribution in [1.29, 1.82) is 0 Å². The van der Waals surface area contributed by atoms with E-state index in [9.17, 15) is 0 Å². The monoisotopic (exact) mass is 254 g/mol. The third kappa shape index (κ3) is 4.55. The maximum Gasteiger partial charge on any atom is 0.0147 e. The molecule has 1 rings (SSSR count). The van der Waals surface area contributed by atoms with Crippen LogP contribution in [0.15, 0.2) is 0 Å². The van der Waals surface area contributed by atoms with E-state index < -0.39 is 0 Å². The highest BCUT2D eigenvalue weighted by molar-refractivity contribution is 4.86. The molecule has 2 heteroatoms. The maximum atomic E-state index is 3.77. The highest BCUT2D eigenvalue weighted by Crippen LogP contribution is 2.27. The van der Waals surface area contributed by atoms with E-state index in [-0.39, 0.29) is 0 Å². The van der Waals surface area contributed by atoms with Crippen molar-refractivity contribution < 1.29 is 0 Å². The lowest BCUT2D eigenvalue weighted by atomic mass is 9.83. The Morgan fingerprint density at radius 1 is 1.17 bits per heavy atom. The summed E-state index contributed by atoms with van der Waals surface area (Å²) >= 11 is 0. The van der Waals surface area contributed by atoms with Crippen LogP contribution in [0.1, 0.15) is 66.2 Å². The topological polar surface area (TPSA) is 15.3 Å². The van der Waals surface area contributed by atoms with Crippen LogP contribution in [0.2, 0.25) is 0 Å². The molecule has 0 aliphatic heterocycles. The maximum absolute atomic E-state index is 3.77. The zero-order valence-corrected chi connectivity index (χ0v) is 13.3. The average Bonchev–Trinajstić information content (AvgIpc) is 2.37. The lowest BCUT2D eigenvalue weighted by Gasteiger charge is -2.41. The van der Waals surface area contributed by atoms with Gasteiger partial charge in [-0.05, 0) is 59.0 Å². The van der Waals surface area contributed by atoms with Crippen molar-refractivity contribution >= 4 is 0 Å². The van der Waals surface area contributed by atoms with Crippen LogP contribution in [0, 0.1) is 5.92 Å². The molecule has 0 heterocycles. The van der Waals surface area contributed by atoms with Crippen molar-refractivity contribution in [3.63, 3.8) is 0 Å². The van der Waals surface area contributed by atoms with Crippen molar-refractivity contribution in [2.75, 3.05) is 20.1 Å². The van der Waals surface area contributed by atoms with Crippen LogP contribution in [0.25, 0.3) is 0 Å². The van der Waals surface area contributed by atoms with Gasteiger partial charge in [-0.15, -0.1) is 0 Å². The smallest absolute Gasteiger partial charge is 0.0147 e. The van der Waals surface area contributed by atoms with Crippen LogP contribution >= 0.6 is 0 Å². The highest BCUT2D eigenvalue weighted by Gasteiger charge is 2.29. The van der Waals surface area contributed by atoms with Crippen LogP contribution in [0.4, 0.5) is 0 Å². The van der Waals surface area contributed by atoms with Gasteiger partial charge < -0.3 is 10.2 Å². The molecule has 0 aromatic carbocycles. The summed E-state index contributed by atoms with van der Waals surface area (Å²) in [7, 11) is 2.30. The minimum Gasteiger partial charge on any atom is -0.314 e. The molecule has 2 nitrogen and oxygen atoms in total. The summed E-state index contributed by atoms with van der Waals surface area (Å²) in [4.78, 5) is 2.57. The normalized spacial score (nSPS) is 25.7. The molecule has 0 amide bonds. The summed E-state index contributed by atoms with van der Waals surface area (Å²) in [5, 5.41) is 3.77. The molecular formula is C16H34N2. The molecule has 2 unspecified atom stereocenters. The molecule has 0 aromatic heterocycles. The van der Waals surface area contributed by atoms with Gasteiger partial charge in [0.2, 0.25) is 0 Å². The van der Waals surface area contributed by atoms with E-state index in [1.54, 1.807) is 0 Å². The molecule has 0 aromatic rings. The summed E-state index contributed by atoms with van der Waals surface area (Å²) in [5.41, 5.74) is 0.340. The third-order valence-corrected chi connectivity index (χ3v) is 4.97. The summed E-state index contributed by atoms with van der Waals surface area (Å²) < 4.78 is 0. The van der Waals surface area contributed by atoms with Crippen molar-refractivity contribution in [2.24, 2.45) is 5.92 Å². The van der Waals surface area contributed by atoms with Gasteiger partial charge in [0.05, 0.1) is 0 Å². The lowest BCUT2D eigenvalue weighted by molar-refractivity contribution is 0.101. The van der Waals surface area contributed by atoms with Gasteiger partial charge >= 0.3 is 0 Å². The van der Waals surface area contributed by atoms with Gasteiger partial charge in [-0.1, -0.05) is 26.7 Å². The Bertz CT molecular complexity index is 225. The van der Waals surface area contributed by atoms with E-state index in [4.69, 9.17) is 0 Å². The van der Waals surface area contributed by atoms with Gasteiger partial charge in [-0.3, -0.25) is 0 Å². The molecule has 18 heavy (non-hydrogen) atoms. The summed E-state index contributed by atoms with van der Waals surface area (Å²) in [5.74, 6) is 0.848. The second-order valence-corrected chi connectivity index (χ2v) is 6.65. The fraction of sp³-hybridized carbons (Fsp3) is 1.00. The fourth-order valence-electron chi connectivity index (χ4n) is 2.89. The molecule has 0 bridgehead atoms. The first-order chi connectivity index (χ1) is 8.51. The molecule has 2 atom stereocenters. The minimum atomic E-state index is 0.340. The predicted molar refractivity (Wildman–Crippen MR) is 81.0 cm³/mol. The van der Waals surface area contributed by atoms with Gasteiger partial charge in [0.1, 0.15) is 0 Å². The second kappa shape index (κ2) is 7.49. The first-order valence-corrected chi connectivity index (χ1v) is 7.96. The quantitative estimate of drug-likeness (QED) is 0.746. The van der Waals surface area contributed by atoms with E-state index in [1.807, 2.05) is 0 Å². The fourth-order valence-corrected chi connectivity index (χ4v) is 2.89. The van der Waals surface area contributed by atoms with Crippen LogP contribution < -0.4 is 5.32 Å². The Morgan fingerprint density at radius 2 is 1.83 bits per heavy atom. The van der Waals surface area contributed by atoms with Crippen LogP contribution in [-0.2, 0) is 0 Å². The number of hydrogen-bond donors (Lipinski definition) is 1. The zero-order chi connectivity index (χ0) is 13.6. The van der Waals surface area contributed by atoms with E-state index in [2.05, 4.69) is 45.0 Å². The summed E-state index contributed by atoms with van der Waals surface area (Å²) in [6, 6.07) is 0.758. The van der Waals surface area contributed by atoms with Crippen LogP contribution in [0.3, 0.4) is 0 Å². The minimum absolute atomic E-state index is 0.340. The SMILES string of the molecule is CCCNC1CCCCC1CN(C)C(C)(C)CC. The van der Waals surface area contributed by atoms with E-state index in [0.29, 0.717) is 5.54 Å². The first kappa shape index (κ1) is 16.0. The van der Waals surface area contributed by atoms with Crippen molar-refractivity contribution in [2.45, 2.75) is 77.8 Å². The molecule has 1 aliphatic carbocycles. The van der Waals surface area contributed by atoms with Gasteiger partial charge in [-0.25, -0.2) is 0 Å². The Morgan fingerprint density at radius 3 is 2.44 bits per heavy atom. The molecular weight excluding hydrogens is 220 g/mol. The van der Waals surface area contributed by atoms with Gasteiger partial charge in [0, 0.05) is 18.1 Å². The number of nitrogens with zero attached hydrogens (tertiary/aromatic N) is 1. The van der Waals surface area contributed by atoms with Gasteiger partial charge in [-0.2, -0.15) is 0 Å². The number of hydrogen-bond acceptors (Lipinski definition) is 2. The Labute approximate surface area is 115 Å². The van der Waals surface area contributed by atoms with Gasteiger partial charge in [0.25, 0.3) is 0 Å². The van der Waals surface area contributed by atoms with Crippen LogP contribution in [-0.4, -0.2) is 36.6 Å². The predicted octanol–water partition coefficient (Wildman–Crippen LogP) is 3.67. The van der Waals surface area contributed by atoms with E-state index >= 15 is 0 Å². The largest absolute Gasteiger partial charge is 0.314 e. The number of rotatable bonds is 7.